The summed E-state index contributed by atoms with van der Waals surface area (Å²) in [5, 5.41) is 3.95. The van der Waals surface area contributed by atoms with Crippen molar-refractivity contribution >= 4 is 17.8 Å². The second-order valence-electron chi connectivity index (χ2n) is 5.06. The summed E-state index contributed by atoms with van der Waals surface area (Å²) < 4.78 is 5.60. The lowest BCUT2D eigenvalue weighted by Gasteiger charge is -2.09. The first-order valence-corrected chi connectivity index (χ1v) is 7.00. The third-order valence-corrected chi connectivity index (χ3v) is 2.78. The molecule has 0 heterocycles. The Bertz CT molecular complexity index is 664. The molecule has 0 saturated heterocycles. The zero-order valence-corrected chi connectivity index (χ0v) is 12.6. The second-order valence-corrected chi connectivity index (χ2v) is 5.06. The maximum Gasteiger partial charge on any atom is 0.271 e. The van der Waals surface area contributed by atoms with Crippen LogP contribution >= 0.6 is 0 Å². The minimum atomic E-state index is -0.286. The van der Waals surface area contributed by atoms with Gasteiger partial charge in [0.25, 0.3) is 5.91 Å². The molecule has 2 rings (SSSR count). The molecular formula is C17H19N3O2. The Morgan fingerprint density at radius 3 is 2.64 bits per heavy atom. The highest BCUT2D eigenvalue weighted by atomic mass is 16.5. The normalized spacial score (nSPS) is 10.9. The minimum Gasteiger partial charge on any atom is -0.491 e. The van der Waals surface area contributed by atoms with Crippen molar-refractivity contribution in [3.05, 3.63) is 59.7 Å². The molecule has 1 amide bonds. The van der Waals surface area contributed by atoms with Crippen LogP contribution in [0.2, 0.25) is 0 Å². The summed E-state index contributed by atoms with van der Waals surface area (Å²) >= 11 is 0. The van der Waals surface area contributed by atoms with E-state index < -0.39 is 0 Å². The molecule has 3 N–H and O–H groups in total. The van der Waals surface area contributed by atoms with Crippen LogP contribution in [0.3, 0.4) is 0 Å². The van der Waals surface area contributed by atoms with Crippen LogP contribution in [0, 0.1) is 0 Å². The van der Waals surface area contributed by atoms with Gasteiger partial charge in [-0.25, -0.2) is 5.43 Å². The van der Waals surface area contributed by atoms with Gasteiger partial charge in [0.15, 0.2) is 0 Å². The molecular weight excluding hydrogens is 278 g/mol. The number of nitrogens with one attached hydrogen (secondary N) is 1. The van der Waals surface area contributed by atoms with E-state index in [1.54, 1.807) is 30.5 Å². The summed E-state index contributed by atoms with van der Waals surface area (Å²) in [5.41, 5.74) is 10.0. The summed E-state index contributed by atoms with van der Waals surface area (Å²) in [6.07, 6.45) is 1.68. The van der Waals surface area contributed by atoms with E-state index in [0.29, 0.717) is 11.3 Å². The molecule has 0 atom stereocenters. The zero-order chi connectivity index (χ0) is 15.9. The van der Waals surface area contributed by atoms with Crippen LogP contribution < -0.4 is 15.9 Å². The van der Waals surface area contributed by atoms with Gasteiger partial charge in [0.1, 0.15) is 5.75 Å². The quantitative estimate of drug-likeness (QED) is 0.506. The van der Waals surface area contributed by atoms with E-state index in [9.17, 15) is 4.79 Å². The molecule has 2 aromatic rings. The van der Waals surface area contributed by atoms with Gasteiger partial charge < -0.3 is 10.5 Å². The van der Waals surface area contributed by atoms with Crippen LogP contribution in [-0.4, -0.2) is 18.2 Å². The fraction of sp³-hybridized carbons (Fsp3) is 0.176. The number of nitrogens with zero attached hydrogens (tertiary/aromatic N) is 1. The summed E-state index contributed by atoms with van der Waals surface area (Å²) in [6, 6.07) is 14.1. The van der Waals surface area contributed by atoms with Crippen LogP contribution in [-0.2, 0) is 0 Å². The van der Waals surface area contributed by atoms with Crippen molar-refractivity contribution in [2.75, 3.05) is 5.73 Å². The number of benzene rings is 2. The van der Waals surface area contributed by atoms with Gasteiger partial charge in [-0.3, -0.25) is 4.79 Å². The summed E-state index contributed by atoms with van der Waals surface area (Å²) in [7, 11) is 0. The number of amides is 1. The predicted molar refractivity (Wildman–Crippen MR) is 88.1 cm³/mol. The van der Waals surface area contributed by atoms with E-state index >= 15 is 0 Å². The molecule has 0 aliphatic heterocycles. The van der Waals surface area contributed by atoms with E-state index in [1.807, 2.05) is 38.1 Å². The fourth-order valence-electron chi connectivity index (χ4n) is 1.80. The van der Waals surface area contributed by atoms with Gasteiger partial charge >= 0.3 is 0 Å². The Morgan fingerprint density at radius 1 is 1.23 bits per heavy atom. The highest BCUT2D eigenvalue weighted by molar-refractivity contribution is 5.95. The number of nitrogen functional groups attached to an aromatic ring is 1. The first kappa shape index (κ1) is 15.6. The number of rotatable bonds is 5. The predicted octanol–water partition coefficient (Wildman–Crippen LogP) is 2.82. The third-order valence-electron chi connectivity index (χ3n) is 2.78. The van der Waals surface area contributed by atoms with Crippen molar-refractivity contribution in [1.82, 2.24) is 5.43 Å². The molecule has 0 unspecified atom stereocenters. The van der Waals surface area contributed by atoms with Crippen molar-refractivity contribution in [2.45, 2.75) is 20.0 Å². The summed E-state index contributed by atoms with van der Waals surface area (Å²) in [6.45, 7) is 3.93. The van der Waals surface area contributed by atoms with E-state index in [4.69, 9.17) is 10.5 Å². The Morgan fingerprint density at radius 2 is 1.95 bits per heavy atom. The largest absolute Gasteiger partial charge is 0.491 e. The number of hydrogen-bond acceptors (Lipinski definition) is 4. The van der Waals surface area contributed by atoms with Gasteiger partial charge in [0.2, 0.25) is 0 Å². The second kappa shape index (κ2) is 7.26. The lowest BCUT2D eigenvalue weighted by Crippen LogP contribution is -2.17. The Kier molecular flexibility index (Phi) is 5.14. The zero-order valence-electron chi connectivity index (χ0n) is 12.6. The molecule has 5 heteroatoms. The van der Waals surface area contributed by atoms with Crippen molar-refractivity contribution in [3.8, 4) is 5.75 Å². The van der Waals surface area contributed by atoms with E-state index in [-0.39, 0.29) is 12.0 Å². The lowest BCUT2D eigenvalue weighted by molar-refractivity contribution is 0.0955. The van der Waals surface area contributed by atoms with Crippen LogP contribution in [0.4, 0.5) is 5.69 Å². The fourth-order valence-corrected chi connectivity index (χ4v) is 1.80. The van der Waals surface area contributed by atoms with E-state index in [1.165, 1.54) is 0 Å². The minimum absolute atomic E-state index is 0.109. The van der Waals surface area contributed by atoms with Crippen LogP contribution in [0.1, 0.15) is 29.8 Å². The number of ether oxygens (including phenoxy) is 1. The highest BCUT2D eigenvalue weighted by Crippen LogP contribution is 2.13. The lowest BCUT2D eigenvalue weighted by atomic mass is 10.2. The van der Waals surface area contributed by atoms with Gasteiger partial charge in [-0.15, -0.1) is 0 Å². The topological polar surface area (TPSA) is 76.7 Å². The van der Waals surface area contributed by atoms with Crippen LogP contribution in [0.15, 0.2) is 53.6 Å². The molecule has 5 nitrogen and oxygen atoms in total. The average molecular weight is 297 g/mol. The van der Waals surface area contributed by atoms with Gasteiger partial charge in [0.05, 0.1) is 12.3 Å². The number of nitrogens with two attached hydrogens (primary N) is 1. The van der Waals surface area contributed by atoms with Gasteiger partial charge in [-0.2, -0.15) is 5.10 Å². The maximum atomic E-state index is 11.9. The number of carbonyl (C=O) groups is 1. The molecule has 2 aromatic carbocycles. The molecule has 114 valence electrons. The molecule has 0 spiro atoms. The smallest absolute Gasteiger partial charge is 0.271 e. The molecule has 0 bridgehead atoms. The first-order valence-electron chi connectivity index (χ1n) is 7.00. The SMILES string of the molecule is CC(C)Oc1cccc(/C=N\NC(=O)c2ccc(N)cc2)c1. The van der Waals surface area contributed by atoms with Gasteiger partial charge in [-0.05, 0) is 55.8 Å². The monoisotopic (exact) mass is 297 g/mol. The van der Waals surface area contributed by atoms with E-state index in [0.717, 1.165) is 11.3 Å². The molecule has 0 aliphatic carbocycles. The highest BCUT2D eigenvalue weighted by Gasteiger charge is 2.03. The van der Waals surface area contributed by atoms with Crippen molar-refractivity contribution in [2.24, 2.45) is 5.10 Å². The molecule has 0 aromatic heterocycles. The van der Waals surface area contributed by atoms with Crippen molar-refractivity contribution in [3.63, 3.8) is 0 Å². The maximum absolute atomic E-state index is 11.9. The Labute approximate surface area is 129 Å². The molecule has 22 heavy (non-hydrogen) atoms. The average Bonchev–Trinajstić information content (AvgIpc) is 2.47. The molecule has 0 saturated carbocycles. The number of anilines is 1. The standard InChI is InChI=1S/C17H19N3O2/c1-12(2)22-16-5-3-4-13(10-16)11-19-20-17(21)14-6-8-15(18)9-7-14/h3-12H,18H2,1-2H3,(H,20,21)/b19-11-. The Hall–Kier alpha value is -2.82. The molecule has 0 aliphatic rings. The van der Waals surface area contributed by atoms with E-state index in [2.05, 4.69) is 10.5 Å². The van der Waals surface area contributed by atoms with Crippen LogP contribution in [0.25, 0.3) is 0 Å². The van der Waals surface area contributed by atoms with Crippen molar-refractivity contribution < 1.29 is 9.53 Å². The van der Waals surface area contributed by atoms with Crippen LogP contribution in [0.5, 0.6) is 5.75 Å². The number of carbonyl (C=O) groups excluding carboxylic acids is 1. The number of hydrogen-bond donors (Lipinski definition) is 2. The first-order chi connectivity index (χ1) is 10.5. The van der Waals surface area contributed by atoms with Gasteiger partial charge in [-0.1, -0.05) is 12.1 Å². The van der Waals surface area contributed by atoms with Gasteiger partial charge in [0, 0.05) is 11.3 Å². The Balaban J connectivity index is 1.97. The van der Waals surface area contributed by atoms with Crippen molar-refractivity contribution in [1.29, 1.82) is 0 Å². The third kappa shape index (κ3) is 4.63. The summed E-state index contributed by atoms with van der Waals surface area (Å²) in [4.78, 5) is 11.9. The summed E-state index contributed by atoms with van der Waals surface area (Å²) in [5.74, 6) is 0.481. The molecule has 0 radical (unpaired) electrons. The molecule has 0 fully saturated rings. The number of hydrazone groups is 1.